The molecule has 1 fully saturated rings. The predicted octanol–water partition coefficient (Wildman–Crippen LogP) is -1.16. The van der Waals surface area contributed by atoms with Crippen LogP contribution in [0.4, 0.5) is 0 Å². The molecule has 2 heterocycles. The highest BCUT2D eigenvalue weighted by molar-refractivity contribution is 5.93. The van der Waals surface area contributed by atoms with Crippen LogP contribution < -0.4 is 0 Å². The quantitative estimate of drug-likeness (QED) is 0.473. The summed E-state index contributed by atoms with van der Waals surface area (Å²) < 4.78 is 16.3. The smallest absolute Gasteiger partial charge is 0.334 e. The van der Waals surface area contributed by atoms with Gasteiger partial charge < -0.3 is 34.6 Å². The van der Waals surface area contributed by atoms with E-state index in [4.69, 9.17) is 14.2 Å². The highest BCUT2D eigenvalue weighted by atomic mass is 16.7. The first kappa shape index (κ1) is 17.8. The van der Waals surface area contributed by atoms with E-state index in [2.05, 4.69) is 0 Å². The number of carbonyl (C=O) groups excluding carboxylic acids is 1. The maximum Gasteiger partial charge on any atom is 0.334 e. The van der Waals surface area contributed by atoms with Gasteiger partial charge in [0.05, 0.1) is 12.7 Å². The second-order valence-electron chi connectivity index (χ2n) is 7.30. The SMILES string of the molecule is CC1(C)C[C@H](O[C@@H]2O[C@H](CO)[C@@H](O)[C@H](O)[C@H]2O)CC2=C1C(=O)OC2. The number of esters is 1. The number of cyclic esters (lactones) is 1. The van der Waals surface area contributed by atoms with E-state index in [1.165, 1.54) is 0 Å². The number of rotatable bonds is 3. The predicted molar refractivity (Wildman–Crippen MR) is 79.6 cm³/mol. The van der Waals surface area contributed by atoms with Gasteiger partial charge in [0, 0.05) is 5.57 Å². The van der Waals surface area contributed by atoms with E-state index in [1.807, 2.05) is 13.8 Å². The summed E-state index contributed by atoms with van der Waals surface area (Å²) in [4.78, 5) is 11.9. The summed E-state index contributed by atoms with van der Waals surface area (Å²) in [5.74, 6) is -0.290. The van der Waals surface area contributed by atoms with Crippen LogP contribution in [-0.4, -0.2) is 76.4 Å². The number of aliphatic hydroxyl groups excluding tert-OH is 4. The lowest BCUT2D eigenvalue weighted by atomic mass is 9.72. The molecule has 3 aliphatic rings. The molecule has 3 rings (SSSR count). The molecule has 0 spiro atoms. The fraction of sp³-hybridized carbons (Fsp3) is 0.812. The first-order valence-electron chi connectivity index (χ1n) is 8.10. The van der Waals surface area contributed by atoms with E-state index in [-0.39, 0.29) is 18.7 Å². The van der Waals surface area contributed by atoms with E-state index in [0.717, 1.165) is 5.57 Å². The normalized spacial score (nSPS) is 42.0. The van der Waals surface area contributed by atoms with Crippen LogP contribution in [0.3, 0.4) is 0 Å². The fourth-order valence-corrected chi connectivity index (χ4v) is 3.84. The molecule has 24 heavy (non-hydrogen) atoms. The Kier molecular flexibility index (Phi) is 4.71. The van der Waals surface area contributed by atoms with Crippen LogP contribution in [-0.2, 0) is 19.0 Å². The Morgan fingerprint density at radius 3 is 2.58 bits per heavy atom. The minimum absolute atomic E-state index is 0.242. The van der Waals surface area contributed by atoms with Gasteiger partial charge in [-0.2, -0.15) is 0 Å². The van der Waals surface area contributed by atoms with Crippen LogP contribution in [0.15, 0.2) is 11.1 Å². The second kappa shape index (κ2) is 6.36. The Balaban J connectivity index is 1.73. The van der Waals surface area contributed by atoms with Crippen molar-refractivity contribution in [2.24, 2.45) is 5.41 Å². The molecule has 136 valence electrons. The second-order valence-corrected chi connectivity index (χ2v) is 7.30. The average molecular weight is 344 g/mol. The third-order valence-electron chi connectivity index (χ3n) is 5.00. The van der Waals surface area contributed by atoms with E-state index >= 15 is 0 Å². The summed E-state index contributed by atoms with van der Waals surface area (Å²) in [6.45, 7) is 3.60. The summed E-state index contributed by atoms with van der Waals surface area (Å²) in [5, 5.41) is 39.0. The molecule has 4 N–H and O–H groups in total. The molecule has 8 heteroatoms. The van der Waals surface area contributed by atoms with Gasteiger partial charge in [0.1, 0.15) is 31.0 Å². The highest BCUT2D eigenvalue weighted by Gasteiger charge is 2.47. The summed E-state index contributed by atoms with van der Waals surface area (Å²) in [6.07, 6.45) is -5.82. The van der Waals surface area contributed by atoms with Crippen molar-refractivity contribution in [3.8, 4) is 0 Å². The molecule has 1 saturated heterocycles. The monoisotopic (exact) mass is 344 g/mol. The molecule has 0 bridgehead atoms. The molecule has 2 aliphatic heterocycles. The zero-order valence-corrected chi connectivity index (χ0v) is 13.7. The van der Waals surface area contributed by atoms with Gasteiger partial charge in [-0.3, -0.25) is 0 Å². The van der Waals surface area contributed by atoms with E-state index in [0.29, 0.717) is 18.4 Å². The van der Waals surface area contributed by atoms with E-state index in [9.17, 15) is 25.2 Å². The number of hydrogen-bond donors (Lipinski definition) is 4. The third-order valence-corrected chi connectivity index (χ3v) is 5.00. The van der Waals surface area contributed by atoms with Crippen LogP contribution in [0.1, 0.15) is 26.7 Å². The molecule has 0 radical (unpaired) electrons. The zero-order chi connectivity index (χ0) is 17.6. The first-order chi connectivity index (χ1) is 11.2. The Morgan fingerprint density at radius 1 is 1.21 bits per heavy atom. The van der Waals surface area contributed by atoms with Gasteiger partial charge in [0.15, 0.2) is 6.29 Å². The van der Waals surface area contributed by atoms with Crippen molar-refractivity contribution < 1.29 is 39.4 Å². The summed E-state index contributed by atoms with van der Waals surface area (Å²) in [5.41, 5.74) is 1.14. The molecular formula is C16H24O8. The molecule has 6 atom stereocenters. The maximum absolute atomic E-state index is 11.9. The molecule has 8 nitrogen and oxygen atoms in total. The van der Waals surface area contributed by atoms with Gasteiger partial charge in [-0.15, -0.1) is 0 Å². The van der Waals surface area contributed by atoms with Gasteiger partial charge in [-0.25, -0.2) is 4.79 Å². The standard InChI is InChI=1S/C16H24O8/c1-16(2)4-8(3-7-6-22-14(21)10(7)16)23-15-13(20)12(19)11(18)9(5-17)24-15/h8-9,11-13,15,17-20H,3-6H2,1-2H3/t8-,9-,11-,12+,13-,15-/m1/s1. The van der Waals surface area contributed by atoms with Crippen molar-refractivity contribution in [3.05, 3.63) is 11.1 Å². The molecule has 0 unspecified atom stereocenters. The first-order valence-corrected chi connectivity index (χ1v) is 8.10. The molecular weight excluding hydrogens is 320 g/mol. The van der Waals surface area contributed by atoms with Crippen molar-refractivity contribution >= 4 is 5.97 Å². The Hall–Kier alpha value is -1.03. The lowest BCUT2D eigenvalue weighted by Gasteiger charge is -2.42. The Morgan fingerprint density at radius 2 is 1.92 bits per heavy atom. The average Bonchev–Trinajstić information content (AvgIpc) is 2.89. The van der Waals surface area contributed by atoms with Gasteiger partial charge in [-0.05, 0) is 23.8 Å². The zero-order valence-electron chi connectivity index (χ0n) is 13.7. The fourth-order valence-electron chi connectivity index (χ4n) is 3.84. The topological polar surface area (TPSA) is 126 Å². The van der Waals surface area contributed by atoms with Gasteiger partial charge in [0.25, 0.3) is 0 Å². The highest BCUT2D eigenvalue weighted by Crippen LogP contribution is 2.45. The summed E-state index contributed by atoms with van der Waals surface area (Å²) in [6, 6.07) is 0. The van der Waals surface area contributed by atoms with Crippen LogP contribution in [0, 0.1) is 5.41 Å². The van der Waals surface area contributed by atoms with E-state index in [1.54, 1.807) is 0 Å². The van der Waals surface area contributed by atoms with Crippen molar-refractivity contribution in [1.29, 1.82) is 0 Å². The number of aliphatic hydroxyl groups is 4. The van der Waals surface area contributed by atoms with Crippen molar-refractivity contribution in [2.75, 3.05) is 13.2 Å². The molecule has 0 saturated carbocycles. The van der Waals surface area contributed by atoms with Crippen LogP contribution in [0.2, 0.25) is 0 Å². The van der Waals surface area contributed by atoms with Gasteiger partial charge in [-0.1, -0.05) is 13.8 Å². The lowest BCUT2D eigenvalue weighted by Crippen LogP contribution is -2.59. The van der Waals surface area contributed by atoms with Crippen LogP contribution in [0.5, 0.6) is 0 Å². The number of hydrogen-bond acceptors (Lipinski definition) is 8. The van der Waals surface area contributed by atoms with E-state index < -0.39 is 42.7 Å². The van der Waals surface area contributed by atoms with Crippen LogP contribution >= 0.6 is 0 Å². The molecule has 0 amide bonds. The molecule has 1 aliphatic carbocycles. The van der Waals surface area contributed by atoms with Crippen LogP contribution in [0.25, 0.3) is 0 Å². The van der Waals surface area contributed by atoms with Crippen molar-refractivity contribution in [3.63, 3.8) is 0 Å². The van der Waals surface area contributed by atoms with Gasteiger partial charge >= 0.3 is 5.97 Å². The van der Waals surface area contributed by atoms with Gasteiger partial charge in [0.2, 0.25) is 0 Å². The minimum atomic E-state index is -1.47. The molecule has 0 aromatic rings. The summed E-state index contributed by atoms with van der Waals surface area (Å²) in [7, 11) is 0. The largest absolute Gasteiger partial charge is 0.458 e. The van der Waals surface area contributed by atoms with Crippen molar-refractivity contribution in [1.82, 2.24) is 0 Å². The summed E-state index contributed by atoms with van der Waals surface area (Å²) >= 11 is 0. The minimum Gasteiger partial charge on any atom is -0.458 e. The Bertz CT molecular complexity index is 540. The Labute approximate surface area is 139 Å². The molecule has 0 aromatic carbocycles. The third kappa shape index (κ3) is 2.98. The van der Waals surface area contributed by atoms with Crippen molar-refractivity contribution in [2.45, 2.75) is 63.5 Å². The maximum atomic E-state index is 11.9. The number of carbonyl (C=O) groups is 1. The lowest BCUT2D eigenvalue weighted by molar-refractivity contribution is -0.312. The number of ether oxygens (including phenoxy) is 3. The molecule has 0 aromatic heterocycles.